The van der Waals surface area contributed by atoms with E-state index in [9.17, 15) is 18.4 Å². The molecule has 1 aliphatic heterocycles. The Morgan fingerprint density at radius 2 is 1.91 bits per heavy atom. The van der Waals surface area contributed by atoms with Gasteiger partial charge in [0, 0.05) is 53.4 Å². The highest BCUT2D eigenvalue weighted by molar-refractivity contribution is 6.01. The molecule has 0 aliphatic carbocycles. The summed E-state index contributed by atoms with van der Waals surface area (Å²) in [5, 5.41) is 6.01. The minimum absolute atomic E-state index is 0.0250. The molecule has 1 fully saturated rings. The van der Waals surface area contributed by atoms with Crippen molar-refractivity contribution in [3.63, 3.8) is 0 Å². The molecular formula is C24H23F2N5O2. The van der Waals surface area contributed by atoms with Gasteiger partial charge in [-0.05, 0) is 48.7 Å². The predicted octanol–water partition coefficient (Wildman–Crippen LogP) is 5.14. The summed E-state index contributed by atoms with van der Waals surface area (Å²) in [6.07, 6.45) is 3.53. The van der Waals surface area contributed by atoms with Crippen LogP contribution in [0.4, 0.5) is 25.0 Å². The average Bonchev–Trinajstić information content (AvgIpc) is 3.42. The molecule has 3 N–H and O–H groups in total. The first-order valence-corrected chi connectivity index (χ1v) is 10.7. The van der Waals surface area contributed by atoms with Gasteiger partial charge in [-0.3, -0.25) is 14.5 Å². The number of aromatic amines is 1. The lowest BCUT2D eigenvalue weighted by Gasteiger charge is -2.20. The fourth-order valence-electron chi connectivity index (χ4n) is 4.13. The van der Waals surface area contributed by atoms with Crippen molar-refractivity contribution in [2.24, 2.45) is 5.92 Å². The molecule has 33 heavy (non-hydrogen) atoms. The van der Waals surface area contributed by atoms with Gasteiger partial charge in [0.15, 0.2) is 11.6 Å². The number of hydrogen-bond donors (Lipinski definition) is 3. The van der Waals surface area contributed by atoms with Crippen LogP contribution in [0, 0.1) is 24.1 Å². The zero-order chi connectivity index (χ0) is 23.5. The lowest BCUT2D eigenvalue weighted by molar-refractivity contribution is -0.135. The van der Waals surface area contributed by atoms with Crippen LogP contribution in [0.25, 0.3) is 15.7 Å². The zero-order valence-corrected chi connectivity index (χ0v) is 18.0. The number of H-pyrrole nitrogens is 1. The van der Waals surface area contributed by atoms with E-state index in [2.05, 4.69) is 20.5 Å². The molecule has 2 heterocycles. The van der Waals surface area contributed by atoms with Gasteiger partial charge in [0.2, 0.25) is 5.91 Å². The number of urea groups is 1. The molecule has 2 atom stereocenters. The number of anilines is 2. The number of amides is 3. The van der Waals surface area contributed by atoms with Crippen molar-refractivity contribution in [3.8, 4) is 0 Å². The van der Waals surface area contributed by atoms with Gasteiger partial charge in [-0.25, -0.2) is 20.1 Å². The lowest BCUT2D eigenvalue weighted by atomic mass is 9.99. The number of likely N-dealkylation sites (tertiary alicyclic amines) is 1. The maximum atomic E-state index is 13.3. The van der Waals surface area contributed by atoms with Crippen LogP contribution in [-0.4, -0.2) is 34.5 Å². The van der Waals surface area contributed by atoms with Crippen LogP contribution in [0.3, 0.4) is 0 Å². The SMILES string of the molecule is [C-]#[N+][C@@H]1CCCN1C(=O)C(C)Cc1c[nH]c2ccc(NC(=O)Nc3ccc(F)c(F)c3)cc12. The van der Waals surface area contributed by atoms with E-state index in [-0.39, 0.29) is 23.7 Å². The summed E-state index contributed by atoms with van der Waals surface area (Å²) in [6.45, 7) is 9.77. The van der Waals surface area contributed by atoms with Crippen molar-refractivity contribution in [2.45, 2.75) is 32.4 Å². The summed E-state index contributed by atoms with van der Waals surface area (Å²) in [4.78, 5) is 33.6. The number of aromatic nitrogens is 1. The molecular weight excluding hydrogens is 428 g/mol. The summed E-state index contributed by atoms with van der Waals surface area (Å²) >= 11 is 0. The Bertz CT molecular complexity index is 1250. The number of nitrogens with one attached hydrogen (secondary N) is 3. The number of fused-ring (bicyclic) bond motifs is 1. The zero-order valence-electron chi connectivity index (χ0n) is 18.0. The molecule has 3 aromatic rings. The summed E-state index contributed by atoms with van der Waals surface area (Å²) in [5.74, 6) is -2.36. The Balaban J connectivity index is 1.45. The van der Waals surface area contributed by atoms with Gasteiger partial charge in [0.25, 0.3) is 0 Å². The van der Waals surface area contributed by atoms with Gasteiger partial charge >= 0.3 is 12.2 Å². The second kappa shape index (κ2) is 9.28. The molecule has 4 rings (SSSR count). The maximum absolute atomic E-state index is 13.3. The fraction of sp³-hybridized carbons (Fsp3) is 0.292. The van der Waals surface area contributed by atoms with E-state index >= 15 is 0 Å². The molecule has 1 unspecified atom stereocenters. The number of halogens is 2. The highest BCUT2D eigenvalue weighted by Crippen LogP contribution is 2.27. The third-order valence-electron chi connectivity index (χ3n) is 5.80. The van der Waals surface area contributed by atoms with Crippen LogP contribution < -0.4 is 10.6 Å². The van der Waals surface area contributed by atoms with Crippen molar-refractivity contribution < 1.29 is 18.4 Å². The molecule has 2 aromatic carbocycles. The lowest BCUT2D eigenvalue weighted by Crippen LogP contribution is -2.38. The van der Waals surface area contributed by atoms with E-state index in [4.69, 9.17) is 6.57 Å². The summed E-state index contributed by atoms with van der Waals surface area (Å²) in [5.41, 5.74) is 2.42. The molecule has 3 amide bonds. The first kappa shape index (κ1) is 22.3. The first-order valence-electron chi connectivity index (χ1n) is 10.7. The second-order valence-corrected chi connectivity index (χ2v) is 8.17. The van der Waals surface area contributed by atoms with Crippen molar-refractivity contribution in [1.82, 2.24) is 9.88 Å². The van der Waals surface area contributed by atoms with Crippen LogP contribution in [0.1, 0.15) is 25.3 Å². The van der Waals surface area contributed by atoms with Crippen molar-refractivity contribution in [3.05, 3.63) is 71.2 Å². The minimum atomic E-state index is -1.05. The largest absolute Gasteiger partial charge is 0.361 e. The summed E-state index contributed by atoms with van der Waals surface area (Å²) in [7, 11) is 0. The monoisotopic (exact) mass is 451 g/mol. The molecule has 0 bridgehead atoms. The fourth-order valence-corrected chi connectivity index (χ4v) is 4.13. The predicted molar refractivity (Wildman–Crippen MR) is 122 cm³/mol. The smallest absolute Gasteiger partial charge is 0.323 e. The highest BCUT2D eigenvalue weighted by Gasteiger charge is 2.35. The molecule has 170 valence electrons. The molecule has 1 saturated heterocycles. The third kappa shape index (κ3) is 4.80. The van der Waals surface area contributed by atoms with Crippen LogP contribution in [0.15, 0.2) is 42.6 Å². The van der Waals surface area contributed by atoms with Gasteiger partial charge in [-0.1, -0.05) is 6.92 Å². The second-order valence-electron chi connectivity index (χ2n) is 8.17. The quantitative estimate of drug-likeness (QED) is 0.470. The number of benzene rings is 2. The van der Waals surface area contributed by atoms with Crippen LogP contribution >= 0.6 is 0 Å². The van der Waals surface area contributed by atoms with Gasteiger partial charge in [0.05, 0.1) is 0 Å². The summed E-state index contributed by atoms with van der Waals surface area (Å²) < 4.78 is 26.4. The first-order chi connectivity index (χ1) is 15.9. The number of nitrogens with zero attached hydrogens (tertiary/aromatic N) is 2. The molecule has 1 aliphatic rings. The van der Waals surface area contributed by atoms with E-state index in [0.717, 1.165) is 41.4 Å². The van der Waals surface area contributed by atoms with Gasteiger partial charge in [-0.2, -0.15) is 0 Å². The normalized spacial score (nSPS) is 16.4. The van der Waals surface area contributed by atoms with Crippen molar-refractivity contribution in [2.75, 3.05) is 17.2 Å². The molecule has 9 heteroatoms. The van der Waals surface area contributed by atoms with Crippen LogP contribution in [0.5, 0.6) is 0 Å². The van der Waals surface area contributed by atoms with E-state index < -0.39 is 17.7 Å². The molecule has 0 radical (unpaired) electrons. The van der Waals surface area contributed by atoms with Gasteiger partial charge in [0.1, 0.15) is 0 Å². The Morgan fingerprint density at radius 3 is 2.64 bits per heavy atom. The van der Waals surface area contributed by atoms with E-state index in [0.29, 0.717) is 18.7 Å². The molecule has 0 spiro atoms. The number of carbonyl (C=O) groups is 2. The summed E-state index contributed by atoms with van der Waals surface area (Å²) in [6, 6.07) is 7.83. The topological polar surface area (TPSA) is 81.6 Å². The third-order valence-corrected chi connectivity index (χ3v) is 5.80. The maximum Gasteiger partial charge on any atom is 0.323 e. The van der Waals surface area contributed by atoms with Crippen LogP contribution in [-0.2, 0) is 11.2 Å². The molecule has 0 saturated carbocycles. The van der Waals surface area contributed by atoms with E-state index in [1.807, 2.05) is 19.2 Å². The Kier molecular flexibility index (Phi) is 6.27. The molecule has 1 aromatic heterocycles. The number of hydrogen-bond acceptors (Lipinski definition) is 2. The Morgan fingerprint density at radius 1 is 1.18 bits per heavy atom. The van der Waals surface area contributed by atoms with Crippen LogP contribution in [0.2, 0.25) is 0 Å². The standard InChI is InChI=1S/C24H23F2N5O2/c1-14(23(32)31-9-3-4-22(31)27-2)10-15-13-28-21-8-6-16(11-18(15)21)29-24(33)30-17-5-7-19(25)20(26)12-17/h5-8,11-14,22,28H,3-4,9-10H2,1H3,(H2,29,30,33)/t14?,22-/m0/s1. The number of rotatable bonds is 5. The van der Waals surface area contributed by atoms with Gasteiger partial charge in [-0.15, -0.1) is 0 Å². The minimum Gasteiger partial charge on any atom is -0.361 e. The van der Waals surface area contributed by atoms with E-state index in [1.165, 1.54) is 6.07 Å². The van der Waals surface area contributed by atoms with Crippen molar-refractivity contribution in [1.29, 1.82) is 0 Å². The van der Waals surface area contributed by atoms with Gasteiger partial charge < -0.3 is 15.6 Å². The molecule has 7 nitrogen and oxygen atoms in total. The Hall–Kier alpha value is -3.93. The number of carbonyl (C=O) groups excluding carboxylic acids is 2. The van der Waals surface area contributed by atoms with Crippen molar-refractivity contribution >= 4 is 34.2 Å². The average molecular weight is 451 g/mol. The highest BCUT2D eigenvalue weighted by atomic mass is 19.2. The Labute approximate surface area is 189 Å². The van der Waals surface area contributed by atoms with E-state index in [1.54, 1.807) is 17.0 Å².